The zero-order valence-corrected chi connectivity index (χ0v) is 18.5. The fraction of sp³-hybridized carbons (Fsp3) is 0.412. The van der Waals surface area contributed by atoms with E-state index in [-0.39, 0.29) is 24.0 Å². The van der Waals surface area contributed by atoms with Gasteiger partial charge in [-0.25, -0.2) is 9.98 Å². The van der Waals surface area contributed by atoms with Crippen LogP contribution in [-0.4, -0.2) is 55.2 Å². The number of guanidine groups is 1. The maximum Gasteiger partial charge on any atom is 0.191 e. The molecule has 0 aliphatic carbocycles. The lowest BCUT2D eigenvalue weighted by atomic mass is 10.2. The average molecular weight is 522 g/mol. The molecule has 2 N–H and O–H groups in total. The maximum absolute atomic E-state index is 6.27. The van der Waals surface area contributed by atoms with Crippen LogP contribution in [0.2, 0.25) is 5.02 Å². The Kier molecular flexibility index (Phi) is 6.88. The average Bonchev–Trinajstić information content (AvgIpc) is 3.21. The van der Waals surface area contributed by atoms with E-state index in [0.29, 0.717) is 42.2 Å². The number of hydrogen-bond acceptors (Lipinski definition) is 6. The highest BCUT2D eigenvalue weighted by Crippen LogP contribution is 2.38. The van der Waals surface area contributed by atoms with Crippen molar-refractivity contribution in [2.24, 2.45) is 10.7 Å². The van der Waals surface area contributed by atoms with Gasteiger partial charge in [0.05, 0.1) is 11.6 Å². The van der Waals surface area contributed by atoms with E-state index in [9.17, 15) is 0 Å². The molecule has 0 atom stereocenters. The third-order valence-electron chi connectivity index (χ3n) is 4.37. The normalized spacial score (nSPS) is 16.9. The molecule has 1 fully saturated rings. The van der Waals surface area contributed by atoms with Gasteiger partial charge in [-0.15, -0.1) is 35.3 Å². The fourth-order valence-electron chi connectivity index (χ4n) is 3.03. The molecule has 0 radical (unpaired) electrons. The number of ether oxygens (including phenoxy) is 2. The van der Waals surface area contributed by atoms with Gasteiger partial charge in [-0.2, -0.15) is 0 Å². The molecule has 2 aliphatic heterocycles. The summed E-state index contributed by atoms with van der Waals surface area (Å²) in [6.07, 6.45) is 1.83. The van der Waals surface area contributed by atoms with Crippen molar-refractivity contribution < 1.29 is 9.47 Å². The summed E-state index contributed by atoms with van der Waals surface area (Å²) in [6, 6.07) is 3.77. The molecule has 1 aromatic heterocycles. The van der Waals surface area contributed by atoms with Gasteiger partial charge in [0.25, 0.3) is 0 Å². The summed E-state index contributed by atoms with van der Waals surface area (Å²) in [4.78, 5) is 13.3. The van der Waals surface area contributed by atoms with E-state index < -0.39 is 0 Å². The molecule has 3 heterocycles. The second-order valence-corrected chi connectivity index (χ2v) is 7.35. The summed E-state index contributed by atoms with van der Waals surface area (Å²) in [5, 5.41) is 3.60. The number of piperazine rings is 1. The molecule has 1 aromatic carbocycles. The van der Waals surface area contributed by atoms with E-state index >= 15 is 0 Å². The van der Waals surface area contributed by atoms with Crippen molar-refractivity contribution in [3.8, 4) is 11.5 Å². The van der Waals surface area contributed by atoms with Crippen LogP contribution in [0.25, 0.3) is 0 Å². The Morgan fingerprint density at radius 3 is 2.74 bits per heavy atom. The lowest BCUT2D eigenvalue weighted by molar-refractivity contribution is 0.171. The minimum atomic E-state index is 0. The molecule has 27 heavy (non-hydrogen) atoms. The van der Waals surface area contributed by atoms with Gasteiger partial charge < -0.3 is 25.0 Å². The number of aliphatic imine (C=N–C) groups is 1. The molecule has 1 saturated heterocycles. The smallest absolute Gasteiger partial charge is 0.191 e. The van der Waals surface area contributed by atoms with Crippen LogP contribution in [-0.2, 0) is 6.54 Å². The third-order valence-corrected chi connectivity index (χ3v) is 5.49. The number of rotatable bonds is 3. The minimum absolute atomic E-state index is 0. The SMILES string of the molecule is I.NC(=NCc1cc(Cl)c2c(c1)OCCO2)N1CCN(c2nccs2)CC1. The van der Waals surface area contributed by atoms with Crippen LogP contribution in [0.5, 0.6) is 11.5 Å². The highest BCUT2D eigenvalue weighted by atomic mass is 127. The predicted octanol–water partition coefficient (Wildman–Crippen LogP) is 2.82. The Morgan fingerprint density at radius 1 is 1.22 bits per heavy atom. The first-order chi connectivity index (χ1) is 12.7. The van der Waals surface area contributed by atoms with E-state index in [0.717, 1.165) is 36.9 Å². The predicted molar refractivity (Wildman–Crippen MR) is 119 cm³/mol. The minimum Gasteiger partial charge on any atom is -0.486 e. The third kappa shape index (κ3) is 4.69. The first kappa shape index (κ1) is 20.3. The molecule has 2 aromatic rings. The molecule has 0 amide bonds. The topological polar surface area (TPSA) is 76.2 Å². The van der Waals surface area contributed by atoms with E-state index in [1.165, 1.54) is 0 Å². The standard InChI is InChI=1S/C17H20ClN5O2S.HI/c18-13-9-12(10-14-15(13)25-7-6-24-14)11-21-16(19)22-2-4-23(5-3-22)17-20-1-8-26-17;/h1,8-10H,2-7,11H2,(H2,19,21);1H. The molecule has 10 heteroatoms. The van der Waals surface area contributed by atoms with Crippen LogP contribution < -0.4 is 20.1 Å². The molecule has 0 spiro atoms. The number of anilines is 1. The zero-order chi connectivity index (χ0) is 17.9. The number of nitrogens with zero attached hydrogens (tertiary/aromatic N) is 4. The van der Waals surface area contributed by atoms with Gasteiger partial charge in [-0.05, 0) is 17.7 Å². The van der Waals surface area contributed by atoms with Crippen LogP contribution in [0.3, 0.4) is 0 Å². The molecule has 146 valence electrons. The summed E-state index contributed by atoms with van der Waals surface area (Å²) in [5.41, 5.74) is 7.14. The molecular formula is C17H21ClIN5O2S. The Balaban J connectivity index is 0.00000210. The summed E-state index contributed by atoms with van der Waals surface area (Å²) in [6.45, 7) is 4.94. The lowest BCUT2D eigenvalue weighted by Gasteiger charge is -2.35. The van der Waals surface area contributed by atoms with Crippen molar-refractivity contribution in [1.82, 2.24) is 9.88 Å². The molecule has 0 saturated carbocycles. The molecule has 7 nitrogen and oxygen atoms in total. The number of aromatic nitrogens is 1. The zero-order valence-electron chi connectivity index (χ0n) is 14.6. The van der Waals surface area contributed by atoms with Gasteiger partial charge in [0, 0.05) is 37.8 Å². The van der Waals surface area contributed by atoms with Crippen LogP contribution in [0.4, 0.5) is 5.13 Å². The number of benzene rings is 1. The second kappa shape index (κ2) is 9.16. The van der Waals surface area contributed by atoms with Crippen molar-refractivity contribution in [2.45, 2.75) is 6.54 Å². The molecular weight excluding hydrogens is 501 g/mol. The first-order valence-electron chi connectivity index (χ1n) is 8.48. The van der Waals surface area contributed by atoms with Crippen LogP contribution in [0.15, 0.2) is 28.7 Å². The number of halogens is 2. The van der Waals surface area contributed by atoms with E-state index in [2.05, 4.69) is 19.8 Å². The monoisotopic (exact) mass is 521 g/mol. The Morgan fingerprint density at radius 2 is 2.00 bits per heavy atom. The van der Waals surface area contributed by atoms with Crippen molar-refractivity contribution in [3.05, 3.63) is 34.3 Å². The van der Waals surface area contributed by atoms with E-state index in [1.54, 1.807) is 11.3 Å². The molecule has 0 bridgehead atoms. The number of hydrogen-bond donors (Lipinski definition) is 1. The van der Waals surface area contributed by atoms with Crippen LogP contribution >= 0.6 is 46.9 Å². The van der Waals surface area contributed by atoms with Crippen LogP contribution in [0, 0.1) is 0 Å². The Labute approximate surface area is 184 Å². The fourth-order valence-corrected chi connectivity index (χ4v) is 4.01. The Bertz CT molecular complexity index is 797. The van der Waals surface area contributed by atoms with Gasteiger partial charge in [-0.1, -0.05) is 11.6 Å². The molecule has 2 aliphatic rings. The van der Waals surface area contributed by atoms with Gasteiger partial charge in [-0.3, -0.25) is 0 Å². The molecule has 4 rings (SSSR count). The summed E-state index contributed by atoms with van der Waals surface area (Å²) >= 11 is 7.93. The van der Waals surface area contributed by atoms with Gasteiger partial charge >= 0.3 is 0 Å². The quantitative estimate of drug-likeness (QED) is 0.380. The van der Waals surface area contributed by atoms with Crippen LogP contribution in [0.1, 0.15) is 5.56 Å². The summed E-state index contributed by atoms with van der Waals surface area (Å²) in [5.74, 6) is 1.83. The molecule has 0 unspecified atom stereocenters. The highest BCUT2D eigenvalue weighted by Gasteiger charge is 2.20. The highest BCUT2D eigenvalue weighted by molar-refractivity contribution is 14.0. The summed E-state index contributed by atoms with van der Waals surface area (Å²) in [7, 11) is 0. The first-order valence-corrected chi connectivity index (χ1v) is 9.74. The number of fused-ring (bicyclic) bond motifs is 1. The van der Waals surface area contributed by atoms with Crippen molar-refractivity contribution in [1.29, 1.82) is 0 Å². The van der Waals surface area contributed by atoms with Crippen molar-refractivity contribution >= 4 is 58.0 Å². The summed E-state index contributed by atoms with van der Waals surface area (Å²) < 4.78 is 11.1. The van der Waals surface area contributed by atoms with Gasteiger partial charge in [0.15, 0.2) is 22.6 Å². The van der Waals surface area contributed by atoms with Gasteiger partial charge in [0.2, 0.25) is 0 Å². The van der Waals surface area contributed by atoms with Gasteiger partial charge in [0.1, 0.15) is 13.2 Å². The van der Waals surface area contributed by atoms with E-state index in [4.69, 9.17) is 26.8 Å². The van der Waals surface area contributed by atoms with Crippen molar-refractivity contribution in [3.63, 3.8) is 0 Å². The lowest BCUT2D eigenvalue weighted by Crippen LogP contribution is -2.51. The Hall–Kier alpha value is -1.46. The largest absolute Gasteiger partial charge is 0.486 e. The van der Waals surface area contributed by atoms with Crippen molar-refractivity contribution in [2.75, 3.05) is 44.3 Å². The van der Waals surface area contributed by atoms with E-state index in [1.807, 2.05) is 23.7 Å². The number of thiazole rings is 1. The second-order valence-electron chi connectivity index (χ2n) is 6.07. The number of nitrogens with two attached hydrogens (primary N) is 1. The maximum atomic E-state index is 6.27.